The first-order valence-corrected chi connectivity index (χ1v) is 10.1. The van der Waals surface area contributed by atoms with Gasteiger partial charge in [-0.15, -0.1) is 11.3 Å². The Morgan fingerprint density at radius 2 is 1.86 bits per heavy atom. The Morgan fingerprint density at radius 3 is 2.61 bits per heavy atom. The van der Waals surface area contributed by atoms with Gasteiger partial charge in [0.1, 0.15) is 0 Å². The first kappa shape index (κ1) is 19.8. The van der Waals surface area contributed by atoms with Crippen LogP contribution in [-0.2, 0) is 11.2 Å². The zero-order valence-corrected chi connectivity index (χ0v) is 16.2. The van der Waals surface area contributed by atoms with E-state index in [2.05, 4.69) is 20.9 Å². The minimum absolute atomic E-state index is 0.0233. The average molecular weight is 401 g/mol. The number of benzene rings is 1. The van der Waals surface area contributed by atoms with Crippen molar-refractivity contribution in [3.8, 4) is 0 Å². The molecule has 9 heteroatoms. The van der Waals surface area contributed by atoms with Crippen LogP contribution in [0, 0.1) is 0 Å². The molecule has 148 valence electrons. The van der Waals surface area contributed by atoms with Crippen LogP contribution in [0.3, 0.4) is 0 Å². The van der Waals surface area contributed by atoms with Crippen LogP contribution >= 0.6 is 11.3 Å². The van der Waals surface area contributed by atoms with Gasteiger partial charge in [-0.25, -0.2) is 9.78 Å². The highest BCUT2D eigenvalue weighted by molar-refractivity contribution is 7.13. The molecule has 28 heavy (non-hydrogen) atoms. The van der Waals surface area contributed by atoms with Crippen LogP contribution < -0.4 is 21.7 Å². The van der Waals surface area contributed by atoms with E-state index >= 15 is 0 Å². The van der Waals surface area contributed by atoms with Crippen molar-refractivity contribution in [3.05, 3.63) is 40.9 Å². The summed E-state index contributed by atoms with van der Waals surface area (Å²) in [6.45, 7) is 0. The number of carbonyl (C=O) groups excluding carboxylic acids is 3. The van der Waals surface area contributed by atoms with Gasteiger partial charge in [0.25, 0.3) is 5.91 Å². The number of aromatic nitrogens is 1. The van der Waals surface area contributed by atoms with E-state index in [9.17, 15) is 14.4 Å². The monoisotopic (exact) mass is 401 g/mol. The third-order valence-electron chi connectivity index (χ3n) is 4.52. The molecule has 1 aliphatic carbocycles. The summed E-state index contributed by atoms with van der Waals surface area (Å²) in [5, 5.41) is 10.5. The van der Waals surface area contributed by atoms with E-state index in [1.165, 1.54) is 17.8 Å². The van der Waals surface area contributed by atoms with E-state index in [0.29, 0.717) is 16.5 Å². The molecule has 0 bridgehead atoms. The van der Waals surface area contributed by atoms with E-state index < -0.39 is 5.91 Å². The number of rotatable bonds is 6. The topological polar surface area (TPSA) is 126 Å². The molecule has 0 spiro atoms. The van der Waals surface area contributed by atoms with Crippen molar-refractivity contribution in [2.75, 3.05) is 10.6 Å². The molecule has 0 unspecified atom stereocenters. The highest BCUT2D eigenvalue weighted by atomic mass is 32.1. The van der Waals surface area contributed by atoms with Crippen molar-refractivity contribution in [1.82, 2.24) is 10.3 Å². The first-order chi connectivity index (χ1) is 13.5. The number of urea groups is 1. The van der Waals surface area contributed by atoms with Crippen LogP contribution in [0.5, 0.6) is 0 Å². The third-order valence-corrected chi connectivity index (χ3v) is 5.33. The summed E-state index contributed by atoms with van der Waals surface area (Å²) in [7, 11) is 0. The van der Waals surface area contributed by atoms with Crippen molar-refractivity contribution in [1.29, 1.82) is 0 Å². The van der Waals surface area contributed by atoms with Crippen LogP contribution in [-0.4, -0.2) is 28.9 Å². The Morgan fingerprint density at radius 1 is 1.11 bits per heavy atom. The second-order valence-corrected chi connectivity index (χ2v) is 7.57. The van der Waals surface area contributed by atoms with Crippen molar-refractivity contribution < 1.29 is 14.4 Å². The van der Waals surface area contributed by atoms with Gasteiger partial charge in [-0.3, -0.25) is 14.9 Å². The maximum atomic E-state index is 12.3. The van der Waals surface area contributed by atoms with Crippen LogP contribution in [0.2, 0.25) is 0 Å². The molecular weight excluding hydrogens is 378 g/mol. The lowest BCUT2D eigenvalue weighted by atomic mass is 9.96. The molecule has 1 aromatic carbocycles. The smallest absolute Gasteiger partial charge is 0.321 e. The van der Waals surface area contributed by atoms with Gasteiger partial charge < -0.3 is 16.4 Å². The number of nitrogens with two attached hydrogens (primary N) is 1. The van der Waals surface area contributed by atoms with Gasteiger partial charge in [0.05, 0.1) is 23.4 Å². The number of anilines is 2. The molecule has 0 saturated heterocycles. The summed E-state index contributed by atoms with van der Waals surface area (Å²) in [6, 6.07) is 6.48. The highest BCUT2D eigenvalue weighted by Crippen LogP contribution is 2.19. The lowest BCUT2D eigenvalue weighted by Gasteiger charge is -2.22. The predicted octanol–water partition coefficient (Wildman–Crippen LogP) is 2.88. The second-order valence-electron chi connectivity index (χ2n) is 6.71. The van der Waals surface area contributed by atoms with E-state index in [1.807, 2.05) is 0 Å². The van der Waals surface area contributed by atoms with E-state index in [1.54, 1.807) is 29.6 Å². The Bertz CT molecular complexity index is 861. The average Bonchev–Trinajstić information content (AvgIpc) is 3.09. The van der Waals surface area contributed by atoms with Gasteiger partial charge in [0.15, 0.2) is 5.13 Å². The maximum Gasteiger partial charge on any atom is 0.321 e. The standard InChI is InChI=1S/C19H23N5O3S/c20-17(26)14-8-4-5-9-15(14)23-16(25)10-13-11-28-19(22-13)24-18(27)21-12-6-2-1-3-7-12/h4-5,8-9,11-12H,1-3,6-7,10H2,(H2,20,26)(H,23,25)(H2,21,22,24,27). The lowest BCUT2D eigenvalue weighted by Crippen LogP contribution is -2.39. The molecular formula is C19H23N5O3S. The summed E-state index contributed by atoms with van der Waals surface area (Å²) in [4.78, 5) is 40.0. The first-order valence-electron chi connectivity index (χ1n) is 9.22. The molecule has 1 aliphatic rings. The Balaban J connectivity index is 1.52. The number of amides is 4. The largest absolute Gasteiger partial charge is 0.366 e. The number of para-hydroxylation sites is 1. The SMILES string of the molecule is NC(=O)c1ccccc1NC(=O)Cc1csc(NC(=O)NC2CCCCC2)n1. The van der Waals surface area contributed by atoms with E-state index in [-0.39, 0.29) is 30.0 Å². The second kappa shape index (κ2) is 9.32. The zero-order chi connectivity index (χ0) is 19.9. The molecule has 5 N–H and O–H groups in total. The van der Waals surface area contributed by atoms with Gasteiger partial charge in [-0.05, 0) is 25.0 Å². The van der Waals surface area contributed by atoms with Crippen molar-refractivity contribution >= 4 is 40.0 Å². The number of thiazole rings is 1. The summed E-state index contributed by atoms with van der Waals surface area (Å²) in [5.41, 5.74) is 6.45. The molecule has 1 aromatic heterocycles. The zero-order valence-electron chi connectivity index (χ0n) is 15.4. The van der Waals surface area contributed by atoms with Gasteiger partial charge in [0.2, 0.25) is 5.91 Å². The molecule has 1 saturated carbocycles. The molecule has 0 atom stereocenters. The van der Waals surface area contributed by atoms with Gasteiger partial charge >= 0.3 is 6.03 Å². The van der Waals surface area contributed by atoms with Crippen LogP contribution in [0.4, 0.5) is 15.6 Å². The van der Waals surface area contributed by atoms with Gasteiger partial charge in [-0.2, -0.15) is 0 Å². The fraction of sp³-hybridized carbons (Fsp3) is 0.368. The van der Waals surface area contributed by atoms with E-state index in [4.69, 9.17) is 5.73 Å². The van der Waals surface area contributed by atoms with Gasteiger partial charge in [-0.1, -0.05) is 31.4 Å². The molecule has 3 rings (SSSR count). The van der Waals surface area contributed by atoms with Crippen LogP contribution in [0.15, 0.2) is 29.6 Å². The summed E-state index contributed by atoms with van der Waals surface area (Å²) in [5.74, 6) is -0.933. The number of hydrogen-bond acceptors (Lipinski definition) is 5. The Labute approximate surface area is 166 Å². The molecule has 2 aromatic rings. The lowest BCUT2D eigenvalue weighted by molar-refractivity contribution is -0.115. The fourth-order valence-corrected chi connectivity index (χ4v) is 3.88. The minimum atomic E-state index is -0.611. The number of nitrogens with one attached hydrogen (secondary N) is 3. The minimum Gasteiger partial charge on any atom is -0.366 e. The number of hydrogen-bond donors (Lipinski definition) is 4. The molecule has 1 fully saturated rings. The fourth-order valence-electron chi connectivity index (χ4n) is 3.18. The molecule has 8 nitrogen and oxygen atoms in total. The Hall–Kier alpha value is -2.94. The van der Waals surface area contributed by atoms with Crippen LogP contribution in [0.1, 0.15) is 48.2 Å². The molecule has 4 amide bonds. The Kier molecular flexibility index (Phi) is 6.59. The van der Waals surface area contributed by atoms with Gasteiger partial charge in [0, 0.05) is 11.4 Å². The predicted molar refractivity (Wildman–Crippen MR) is 108 cm³/mol. The van der Waals surface area contributed by atoms with Crippen molar-refractivity contribution in [2.24, 2.45) is 5.73 Å². The highest BCUT2D eigenvalue weighted by Gasteiger charge is 2.17. The van der Waals surface area contributed by atoms with Crippen molar-refractivity contribution in [3.63, 3.8) is 0 Å². The maximum absolute atomic E-state index is 12.3. The number of nitrogens with zero attached hydrogens (tertiary/aromatic N) is 1. The molecule has 0 radical (unpaired) electrons. The van der Waals surface area contributed by atoms with Crippen LogP contribution in [0.25, 0.3) is 0 Å². The molecule has 1 heterocycles. The van der Waals surface area contributed by atoms with E-state index in [0.717, 1.165) is 25.7 Å². The molecule has 0 aliphatic heterocycles. The number of primary amides is 1. The summed E-state index contributed by atoms with van der Waals surface area (Å²) < 4.78 is 0. The van der Waals surface area contributed by atoms with Crippen molar-refractivity contribution in [2.45, 2.75) is 44.6 Å². The normalized spacial score (nSPS) is 14.3. The summed E-state index contributed by atoms with van der Waals surface area (Å²) in [6.07, 6.45) is 5.53. The third kappa shape index (κ3) is 5.53. The summed E-state index contributed by atoms with van der Waals surface area (Å²) >= 11 is 1.26. The number of carbonyl (C=O) groups is 3. The quantitative estimate of drug-likeness (QED) is 0.593.